The van der Waals surface area contributed by atoms with Gasteiger partial charge in [0.15, 0.2) is 0 Å². The van der Waals surface area contributed by atoms with E-state index in [0.29, 0.717) is 17.1 Å². The van der Waals surface area contributed by atoms with Crippen LogP contribution in [0.5, 0.6) is 5.75 Å². The SMILES string of the molecule is O=c1cc(OCc2ccc(F)cn2)cnn1-c1ccc2c3c(oc2c1)CCNC3. The van der Waals surface area contributed by atoms with Gasteiger partial charge in [-0.2, -0.15) is 9.78 Å². The quantitative estimate of drug-likeness (QED) is 0.575. The summed E-state index contributed by atoms with van der Waals surface area (Å²) in [6, 6.07) is 9.82. The average molecular weight is 392 g/mol. The van der Waals surface area contributed by atoms with Crippen molar-refractivity contribution in [3.8, 4) is 11.4 Å². The molecule has 146 valence electrons. The topological polar surface area (TPSA) is 82.2 Å². The summed E-state index contributed by atoms with van der Waals surface area (Å²) in [4.78, 5) is 16.5. The summed E-state index contributed by atoms with van der Waals surface area (Å²) >= 11 is 0. The molecule has 0 unspecified atom stereocenters. The summed E-state index contributed by atoms with van der Waals surface area (Å²) in [5.41, 5.74) is 2.77. The van der Waals surface area contributed by atoms with Crippen molar-refractivity contribution in [3.63, 3.8) is 0 Å². The molecule has 7 nitrogen and oxygen atoms in total. The van der Waals surface area contributed by atoms with Gasteiger partial charge in [0.25, 0.3) is 5.56 Å². The van der Waals surface area contributed by atoms with E-state index in [2.05, 4.69) is 15.4 Å². The summed E-state index contributed by atoms with van der Waals surface area (Å²) in [7, 11) is 0. The second-order valence-corrected chi connectivity index (χ2v) is 6.81. The number of furan rings is 1. The van der Waals surface area contributed by atoms with Gasteiger partial charge in [0, 0.05) is 42.6 Å². The Labute approximate surface area is 164 Å². The highest BCUT2D eigenvalue weighted by Gasteiger charge is 2.18. The van der Waals surface area contributed by atoms with Crippen LogP contribution in [0.3, 0.4) is 0 Å². The number of hydrogen-bond acceptors (Lipinski definition) is 6. The molecule has 0 amide bonds. The van der Waals surface area contributed by atoms with Gasteiger partial charge < -0.3 is 14.5 Å². The molecular formula is C21H17FN4O3. The van der Waals surface area contributed by atoms with Crippen molar-refractivity contribution in [3.05, 3.63) is 82.0 Å². The van der Waals surface area contributed by atoms with Crippen molar-refractivity contribution in [2.75, 3.05) is 6.54 Å². The molecule has 8 heteroatoms. The van der Waals surface area contributed by atoms with Crippen LogP contribution < -0.4 is 15.6 Å². The Morgan fingerprint density at radius 2 is 2.14 bits per heavy atom. The Morgan fingerprint density at radius 1 is 1.21 bits per heavy atom. The predicted octanol–water partition coefficient (Wildman–Crippen LogP) is 2.74. The molecule has 1 aromatic carbocycles. The normalized spacial score (nSPS) is 13.4. The van der Waals surface area contributed by atoms with Crippen molar-refractivity contribution in [2.45, 2.75) is 19.6 Å². The van der Waals surface area contributed by atoms with Gasteiger partial charge in [-0.25, -0.2) is 4.39 Å². The number of fused-ring (bicyclic) bond motifs is 3. The highest BCUT2D eigenvalue weighted by molar-refractivity contribution is 5.84. The maximum absolute atomic E-state index is 12.9. The number of nitrogens with one attached hydrogen (secondary N) is 1. The maximum atomic E-state index is 12.9. The predicted molar refractivity (Wildman–Crippen MR) is 104 cm³/mol. The van der Waals surface area contributed by atoms with Gasteiger partial charge in [-0.3, -0.25) is 9.78 Å². The van der Waals surface area contributed by atoms with Crippen LogP contribution in [0.25, 0.3) is 16.7 Å². The van der Waals surface area contributed by atoms with Crippen molar-refractivity contribution < 1.29 is 13.5 Å². The largest absolute Gasteiger partial charge is 0.485 e. The molecule has 0 aliphatic carbocycles. The molecule has 4 aromatic rings. The smallest absolute Gasteiger partial charge is 0.275 e. The zero-order valence-corrected chi connectivity index (χ0v) is 15.4. The number of rotatable bonds is 4. The zero-order valence-electron chi connectivity index (χ0n) is 15.4. The van der Waals surface area contributed by atoms with Gasteiger partial charge in [0.05, 0.1) is 23.8 Å². The molecule has 0 spiro atoms. The minimum absolute atomic E-state index is 0.114. The molecule has 29 heavy (non-hydrogen) atoms. The van der Waals surface area contributed by atoms with Crippen LogP contribution in [0, 0.1) is 5.82 Å². The third kappa shape index (κ3) is 3.38. The summed E-state index contributed by atoms with van der Waals surface area (Å²) < 4.78 is 25.7. The van der Waals surface area contributed by atoms with Crippen LogP contribution in [0.2, 0.25) is 0 Å². The number of aromatic nitrogens is 3. The van der Waals surface area contributed by atoms with Crippen molar-refractivity contribution in [1.29, 1.82) is 0 Å². The minimum Gasteiger partial charge on any atom is -0.485 e. The van der Waals surface area contributed by atoms with Gasteiger partial charge >= 0.3 is 0 Å². The number of benzene rings is 1. The van der Waals surface area contributed by atoms with E-state index in [1.54, 1.807) is 0 Å². The summed E-state index contributed by atoms with van der Waals surface area (Å²) in [5, 5.41) is 8.60. The second-order valence-electron chi connectivity index (χ2n) is 6.81. The van der Waals surface area contributed by atoms with E-state index in [9.17, 15) is 9.18 Å². The van der Waals surface area contributed by atoms with Gasteiger partial charge in [0.1, 0.15) is 29.5 Å². The minimum atomic E-state index is -0.413. The zero-order chi connectivity index (χ0) is 19.8. The highest BCUT2D eigenvalue weighted by atomic mass is 19.1. The summed E-state index contributed by atoms with van der Waals surface area (Å²) in [5.74, 6) is 0.899. The van der Waals surface area contributed by atoms with Crippen molar-refractivity contribution >= 4 is 11.0 Å². The van der Waals surface area contributed by atoms with E-state index in [4.69, 9.17) is 9.15 Å². The van der Waals surface area contributed by atoms with E-state index >= 15 is 0 Å². The molecule has 4 heterocycles. The molecular weight excluding hydrogens is 375 g/mol. The lowest BCUT2D eigenvalue weighted by Gasteiger charge is -2.10. The second kappa shape index (κ2) is 7.14. The number of halogens is 1. The Bertz CT molecular complexity index is 1250. The number of ether oxygens (including phenoxy) is 1. The number of pyridine rings is 1. The number of hydrogen-bond donors (Lipinski definition) is 1. The molecule has 0 radical (unpaired) electrons. The van der Waals surface area contributed by atoms with Crippen LogP contribution in [-0.2, 0) is 19.6 Å². The van der Waals surface area contributed by atoms with Gasteiger partial charge in [-0.15, -0.1) is 0 Å². The number of nitrogens with zero attached hydrogens (tertiary/aromatic N) is 3. The fraction of sp³-hybridized carbons (Fsp3) is 0.190. The van der Waals surface area contributed by atoms with Gasteiger partial charge in [0.2, 0.25) is 0 Å². The maximum Gasteiger partial charge on any atom is 0.275 e. The summed E-state index contributed by atoms with van der Waals surface area (Å²) in [6.07, 6.45) is 3.44. The molecule has 0 bridgehead atoms. The Hall–Kier alpha value is -3.52. The molecule has 0 saturated carbocycles. The van der Waals surface area contributed by atoms with Gasteiger partial charge in [-0.05, 0) is 24.3 Å². The Kier molecular flexibility index (Phi) is 4.33. The van der Waals surface area contributed by atoms with Gasteiger partial charge in [-0.1, -0.05) is 0 Å². The van der Waals surface area contributed by atoms with Crippen LogP contribution in [-0.4, -0.2) is 21.3 Å². The molecule has 3 aromatic heterocycles. The lowest BCUT2D eigenvalue weighted by molar-refractivity contribution is 0.298. The van der Waals surface area contributed by atoms with E-state index in [1.807, 2.05) is 18.2 Å². The first-order valence-electron chi connectivity index (χ1n) is 9.25. The third-order valence-electron chi connectivity index (χ3n) is 4.89. The fourth-order valence-corrected chi connectivity index (χ4v) is 3.45. The fourth-order valence-electron chi connectivity index (χ4n) is 3.45. The first-order valence-corrected chi connectivity index (χ1v) is 9.25. The average Bonchev–Trinajstić information content (AvgIpc) is 3.11. The first-order chi connectivity index (χ1) is 14.2. The van der Waals surface area contributed by atoms with E-state index in [-0.39, 0.29) is 12.2 Å². The highest BCUT2D eigenvalue weighted by Crippen LogP contribution is 2.29. The Balaban J connectivity index is 1.39. The van der Waals surface area contributed by atoms with E-state index in [1.165, 1.54) is 34.6 Å². The molecule has 1 aliphatic rings. The van der Waals surface area contributed by atoms with Crippen LogP contribution in [0.15, 0.2) is 58.0 Å². The molecule has 5 rings (SSSR count). The van der Waals surface area contributed by atoms with Crippen LogP contribution >= 0.6 is 0 Å². The summed E-state index contributed by atoms with van der Waals surface area (Å²) in [6.45, 7) is 1.80. The lowest BCUT2D eigenvalue weighted by Crippen LogP contribution is -2.22. The monoisotopic (exact) mass is 392 g/mol. The first kappa shape index (κ1) is 17.6. The van der Waals surface area contributed by atoms with Crippen molar-refractivity contribution in [1.82, 2.24) is 20.1 Å². The molecule has 0 fully saturated rings. The van der Waals surface area contributed by atoms with Crippen molar-refractivity contribution in [2.24, 2.45) is 0 Å². The third-order valence-corrected chi connectivity index (χ3v) is 4.89. The molecule has 1 N–H and O–H groups in total. The molecule has 0 saturated heterocycles. The van der Waals surface area contributed by atoms with Crippen LogP contribution in [0.4, 0.5) is 4.39 Å². The Morgan fingerprint density at radius 3 is 2.97 bits per heavy atom. The molecule has 1 aliphatic heterocycles. The van der Waals surface area contributed by atoms with E-state index in [0.717, 1.165) is 42.4 Å². The van der Waals surface area contributed by atoms with Crippen LogP contribution in [0.1, 0.15) is 17.0 Å². The standard InChI is InChI=1S/C21H17FN4O3/c22-13-1-2-14(24-9-13)12-28-16-8-21(27)26(25-10-16)15-3-4-17-18-11-23-6-5-19(18)29-20(17)7-15/h1-4,7-10,23H,5-6,11-12H2. The van der Waals surface area contributed by atoms with E-state index < -0.39 is 5.82 Å². The lowest BCUT2D eigenvalue weighted by atomic mass is 10.1. The molecule has 0 atom stereocenters.